The Morgan fingerprint density at radius 2 is 2.16 bits per heavy atom. The van der Waals surface area contributed by atoms with E-state index in [2.05, 4.69) is 20.5 Å². The van der Waals surface area contributed by atoms with Crippen molar-refractivity contribution >= 4 is 29.0 Å². The SMILES string of the molecule is Cc1nnc(SCC(=O)NCc2nc(C)c(C)s2)o1. The maximum atomic E-state index is 11.6. The molecule has 6 nitrogen and oxygen atoms in total. The van der Waals surface area contributed by atoms with Crippen LogP contribution in [0.25, 0.3) is 0 Å². The monoisotopic (exact) mass is 298 g/mol. The lowest BCUT2D eigenvalue weighted by atomic mass is 10.4. The van der Waals surface area contributed by atoms with E-state index in [0.29, 0.717) is 17.7 Å². The summed E-state index contributed by atoms with van der Waals surface area (Å²) in [6.45, 7) is 6.16. The number of amides is 1. The molecule has 0 aliphatic carbocycles. The molecule has 0 aromatic carbocycles. The lowest BCUT2D eigenvalue weighted by molar-refractivity contribution is -0.118. The zero-order chi connectivity index (χ0) is 13.8. The number of thioether (sulfide) groups is 1. The van der Waals surface area contributed by atoms with Gasteiger partial charge in [0.25, 0.3) is 5.22 Å². The number of nitrogens with zero attached hydrogens (tertiary/aromatic N) is 3. The number of carbonyl (C=O) groups is 1. The van der Waals surface area contributed by atoms with Crippen LogP contribution < -0.4 is 5.32 Å². The van der Waals surface area contributed by atoms with Gasteiger partial charge in [-0.25, -0.2) is 4.98 Å². The summed E-state index contributed by atoms with van der Waals surface area (Å²) in [5, 5.41) is 11.6. The Morgan fingerprint density at radius 3 is 2.74 bits per heavy atom. The summed E-state index contributed by atoms with van der Waals surface area (Å²) in [6, 6.07) is 0. The molecule has 0 spiro atoms. The highest BCUT2D eigenvalue weighted by Gasteiger charge is 2.09. The van der Waals surface area contributed by atoms with Crippen LogP contribution in [0.4, 0.5) is 0 Å². The first-order valence-electron chi connectivity index (χ1n) is 5.67. The smallest absolute Gasteiger partial charge is 0.277 e. The third kappa shape index (κ3) is 4.03. The summed E-state index contributed by atoms with van der Waals surface area (Å²) in [4.78, 5) is 17.2. The minimum Gasteiger partial charge on any atom is -0.416 e. The first kappa shape index (κ1) is 14.0. The molecule has 0 bridgehead atoms. The molecule has 8 heteroatoms. The second kappa shape index (κ2) is 6.16. The molecular weight excluding hydrogens is 284 g/mol. The van der Waals surface area contributed by atoms with E-state index in [1.807, 2.05) is 13.8 Å². The van der Waals surface area contributed by atoms with Gasteiger partial charge in [0.05, 0.1) is 18.0 Å². The molecule has 1 N–H and O–H groups in total. The van der Waals surface area contributed by atoms with Crippen molar-refractivity contribution in [3.8, 4) is 0 Å². The molecule has 2 heterocycles. The third-order valence-electron chi connectivity index (χ3n) is 2.34. The number of hydrogen-bond acceptors (Lipinski definition) is 7. The van der Waals surface area contributed by atoms with E-state index in [-0.39, 0.29) is 11.7 Å². The average Bonchev–Trinajstić information content (AvgIpc) is 2.91. The van der Waals surface area contributed by atoms with Crippen molar-refractivity contribution in [1.29, 1.82) is 0 Å². The predicted molar refractivity (Wildman–Crippen MR) is 73.2 cm³/mol. The summed E-state index contributed by atoms with van der Waals surface area (Å²) in [6.07, 6.45) is 0. The number of carbonyl (C=O) groups excluding carboxylic acids is 1. The fraction of sp³-hybridized carbons (Fsp3) is 0.455. The van der Waals surface area contributed by atoms with Crippen LogP contribution in [0.1, 0.15) is 21.5 Å². The van der Waals surface area contributed by atoms with Gasteiger partial charge in [-0.15, -0.1) is 21.5 Å². The summed E-state index contributed by atoms with van der Waals surface area (Å²) in [5.41, 5.74) is 1.02. The van der Waals surface area contributed by atoms with E-state index in [0.717, 1.165) is 10.7 Å². The van der Waals surface area contributed by atoms with E-state index in [4.69, 9.17) is 4.42 Å². The van der Waals surface area contributed by atoms with Gasteiger partial charge in [0, 0.05) is 11.8 Å². The quantitative estimate of drug-likeness (QED) is 0.849. The largest absolute Gasteiger partial charge is 0.416 e. The molecule has 19 heavy (non-hydrogen) atoms. The zero-order valence-electron chi connectivity index (χ0n) is 10.9. The Bertz CT molecular complexity index is 560. The molecule has 0 radical (unpaired) electrons. The van der Waals surface area contributed by atoms with Crippen LogP contribution in [-0.2, 0) is 11.3 Å². The molecule has 0 saturated carbocycles. The number of aryl methyl sites for hydroxylation is 3. The van der Waals surface area contributed by atoms with Gasteiger partial charge in [-0.1, -0.05) is 11.8 Å². The molecule has 0 saturated heterocycles. The van der Waals surface area contributed by atoms with Gasteiger partial charge >= 0.3 is 0 Å². The third-order valence-corrected chi connectivity index (χ3v) is 4.24. The lowest BCUT2D eigenvalue weighted by Crippen LogP contribution is -2.24. The van der Waals surface area contributed by atoms with E-state index in [1.165, 1.54) is 16.6 Å². The molecule has 0 aliphatic rings. The van der Waals surface area contributed by atoms with Crippen LogP contribution in [0.2, 0.25) is 0 Å². The Kier molecular flexibility index (Phi) is 4.54. The number of rotatable bonds is 5. The molecule has 2 rings (SSSR count). The van der Waals surface area contributed by atoms with Crippen LogP contribution in [0.3, 0.4) is 0 Å². The normalized spacial score (nSPS) is 10.7. The highest BCUT2D eigenvalue weighted by Crippen LogP contribution is 2.17. The molecule has 0 atom stereocenters. The number of hydrogen-bond donors (Lipinski definition) is 1. The van der Waals surface area contributed by atoms with E-state index in [1.54, 1.807) is 18.3 Å². The second-order valence-corrected chi connectivity index (χ2v) is 6.12. The number of nitrogens with one attached hydrogen (secondary N) is 1. The van der Waals surface area contributed by atoms with Gasteiger partial charge in [-0.3, -0.25) is 4.79 Å². The van der Waals surface area contributed by atoms with Crippen molar-refractivity contribution in [2.45, 2.75) is 32.5 Å². The topological polar surface area (TPSA) is 80.9 Å². The first-order chi connectivity index (χ1) is 9.04. The highest BCUT2D eigenvalue weighted by atomic mass is 32.2. The van der Waals surface area contributed by atoms with Crippen molar-refractivity contribution in [2.24, 2.45) is 0 Å². The summed E-state index contributed by atoms with van der Waals surface area (Å²) in [5.74, 6) is 0.674. The van der Waals surface area contributed by atoms with Crippen LogP contribution in [-0.4, -0.2) is 26.8 Å². The standard InChI is InChI=1S/C11H14N4O2S2/c1-6-7(2)19-10(13-6)4-12-9(16)5-18-11-15-14-8(3)17-11/h4-5H2,1-3H3,(H,12,16). The molecule has 0 unspecified atom stereocenters. The van der Waals surface area contributed by atoms with Crippen LogP contribution in [0.5, 0.6) is 0 Å². The van der Waals surface area contributed by atoms with E-state index < -0.39 is 0 Å². The lowest BCUT2D eigenvalue weighted by Gasteiger charge is -2.00. The van der Waals surface area contributed by atoms with Crippen LogP contribution >= 0.6 is 23.1 Å². The maximum absolute atomic E-state index is 11.6. The fourth-order valence-corrected chi connectivity index (χ4v) is 2.81. The fourth-order valence-electron chi connectivity index (χ4n) is 1.30. The van der Waals surface area contributed by atoms with Gasteiger partial charge in [-0.05, 0) is 13.8 Å². The first-order valence-corrected chi connectivity index (χ1v) is 7.47. The van der Waals surface area contributed by atoms with Crippen molar-refractivity contribution in [3.63, 3.8) is 0 Å². The Hall–Kier alpha value is -1.41. The summed E-state index contributed by atoms with van der Waals surface area (Å²) < 4.78 is 5.17. The van der Waals surface area contributed by atoms with Crippen molar-refractivity contribution in [3.05, 3.63) is 21.5 Å². The second-order valence-electron chi connectivity index (χ2n) is 3.90. The van der Waals surface area contributed by atoms with Gasteiger partial charge in [0.15, 0.2) is 0 Å². The predicted octanol–water partition coefficient (Wildman–Crippen LogP) is 1.86. The van der Waals surface area contributed by atoms with E-state index in [9.17, 15) is 4.79 Å². The molecule has 2 aromatic rings. The number of aromatic nitrogens is 3. The molecule has 102 valence electrons. The minimum absolute atomic E-state index is 0.0774. The Labute approximate surface area is 119 Å². The average molecular weight is 298 g/mol. The van der Waals surface area contributed by atoms with Crippen molar-refractivity contribution in [1.82, 2.24) is 20.5 Å². The minimum atomic E-state index is -0.0774. The zero-order valence-corrected chi connectivity index (χ0v) is 12.5. The van der Waals surface area contributed by atoms with Crippen LogP contribution in [0.15, 0.2) is 9.64 Å². The molecular formula is C11H14N4O2S2. The van der Waals surface area contributed by atoms with Gasteiger partial charge in [0.1, 0.15) is 5.01 Å². The molecule has 1 amide bonds. The molecule has 0 aliphatic heterocycles. The van der Waals surface area contributed by atoms with Crippen molar-refractivity contribution in [2.75, 3.05) is 5.75 Å². The summed E-state index contributed by atoms with van der Waals surface area (Å²) >= 11 is 2.82. The molecule has 0 fully saturated rings. The number of thiazole rings is 1. The van der Waals surface area contributed by atoms with E-state index >= 15 is 0 Å². The van der Waals surface area contributed by atoms with Gasteiger partial charge < -0.3 is 9.73 Å². The van der Waals surface area contributed by atoms with Gasteiger partial charge in [-0.2, -0.15) is 0 Å². The summed E-state index contributed by atoms with van der Waals surface area (Å²) in [7, 11) is 0. The Morgan fingerprint density at radius 1 is 1.37 bits per heavy atom. The molecule has 2 aromatic heterocycles. The highest BCUT2D eigenvalue weighted by molar-refractivity contribution is 7.99. The van der Waals surface area contributed by atoms with Gasteiger partial charge in [0.2, 0.25) is 11.8 Å². The van der Waals surface area contributed by atoms with Crippen molar-refractivity contribution < 1.29 is 9.21 Å². The maximum Gasteiger partial charge on any atom is 0.277 e. The van der Waals surface area contributed by atoms with Crippen LogP contribution in [0, 0.1) is 20.8 Å². The Balaban J connectivity index is 1.75.